The van der Waals surface area contributed by atoms with Gasteiger partial charge in [-0.1, -0.05) is 32.9 Å². The Kier molecular flexibility index (Phi) is 3.35. The predicted octanol–water partition coefficient (Wildman–Crippen LogP) is 4.06. The van der Waals surface area contributed by atoms with Gasteiger partial charge in [-0.15, -0.1) is 0 Å². The van der Waals surface area contributed by atoms with Crippen LogP contribution in [0.2, 0.25) is 0 Å². The van der Waals surface area contributed by atoms with E-state index in [1.54, 1.807) is 24.3 Å². The monoisotopic (exact) mass is 254 g/mol. The molecule has 0 fully saturated rings. The molecule has 0 saturated carbocycles. The summed E-state index contributed by atoms with van der Waals surface area (Å²) in [5.74, 6) is -0.363. The molecule has 0 aliphatic heterocycles. The molecule has 1 aromatic heterocycles. The fraction of sp³-hybridized carbons (Fsp3) is 0.250. The lowest BCUT2D eigenvalue weighted by molar-refractivity contribution is 0.569. The van der Waals surface area contributed by atoms with Gasteiger partial charge in [0.1, 0.15) is 11.9 Å². The van der Waals surface area contributed by atoms with Crippen molar-refractivity contribution in [2.45, 2.75) is 26.2 Å². The van der Waals surface area contributed by atoms with Crippen LogP contribution in [0.4, 0.5) is 4.39 Å². The van der Waals surface area contributed by atoms with E-state index in [4.69, 9.17) is 5.26 Å². The molecule has 0 atom stereocenters. The van der Waals surface area contributed by atoms with Crippen molar-refractivity contribution in [2.24, 2.45) is 0 Å². The smallest absolute Gasteiger partial charge is 0.132 e. The van der Waals surface area contributed by atoms with Gasteiger partial charge in [-0.05, 0) is 24.3 Å². The van der Waals surface area contributed by atoms with Crippen molar-refractivity contribution in [3.8, 4) is 17.3 Å². The van der Waals surface area contributed by atoms with Gasteiger partial charge in [-0.25, -0.2) is 4.39 Å². The Bertz CT molecular complexity index is 649. The number of halogens is 1. The second-order valence-electron chi connectivity index (χ2n) is 5.43. The van der Waals surface area contributed by atoms with Crippen molar-refractivity contribution in [2.75, 3.05) is 0 Å². The van der Waals surface area contributed by atoms with Crippen LogP contribution in [0.3, 0.4) is 0 Å². The molecule has 2 aromatic rings. The molecule has 2 rings (SSSR count). The summed E-state index contributed by atoms with van der Waals surface area (Å²) < 4.78 is 13.9. The lowest BCUT2D eigenvalue weighted by Crippen LogP contribution is -2.14. The van der Waals surface area contributed by atoms with Gasteiger partial charge in [0.05, 0.1) is 11.3 Å². The standard InChI is InChI=1S/C16H15FN2/c1-16(2,3)14-9-8-11(10-18)15(19-14)12-6-4-5-7-13(12)17/h4-9H,1-3H3. The number of aromatic nitrogens is 1. The summed E-state index contributed by atoms with van der Waals surface area (Å²) in [6.07, 6.45) is 0. The molecule has 3 heteroatoms. The van der Waals surface area contributed by atoms with Gasteiger partial charge in [0.15, 0.2) is 0 Å². The molecule has 2 nitrogen and oxygen atoms in total. The molecule has 19 heavy (non-hydrogen) atoms. The first-order valence-electron chi connectivity index (χ1n) is 6.10. The molecule has 0 bridgehead atoms. The van der Waals surface area contributed by atoms with E-state index < -0.39 is 0 Å². The van der Waals surface area contributed by atoms with Crippen molar-refractivity contribution < 1.29 is 4.39 Å². The van der Waals surface area contributed by atoms with Crippen LogP contribution in [0.1, 0.15) is 32.0 Å². The van der Waals surface area contributed by atoms with Crippen LogP contribution in [0.25, 0.3) is 11.3 Å². The summed E-state index contributed by atoms with van der Waals surface area (Å²) in [5, 5.41) is 9.15. The van der Waals surface area contributed by atoms with Crippen LogP contribution in [0.15, 0.2) is 36.4 Å². The normalized spacial score (nSPS) is 11.1. The molecule has 1 aromatic carbocycles. The predicted molar refractivity (Wildman–Crippen MR) is 73.0 cm³/mol. The van der Waals surface area contributed by atoms with E-state index in [9.17, 15) is 4.39 Å². The van der Waals surface area contributed by atoms with Crippen molar-refractivity contribution in [3.63, 3.8) is 0 Å². The highest BCUT2D eigenvalue weighted by Crippen LogP contribution is 2.28. The highest BCUT2D eigenvalue weighted by atomic mass is 19.1. The zero-order chi connectivity index (χ0) is 14.0. The first-order valence-corrected chi connectivity index (χ1v) is 6.10. The van der Waals surface area contributed by atoms with Crippen LogP contribution in [0, 0.1) is 17.1 Å². The number of benzene rings is 1. The topological polar surface area (TPSA) is 36.7 Å². The van der Waals surface area contributed by atoms with Gasteiger partial charge in [-0.3, -0.25) is 4.98 Å². The number of hydrogen-bond acceptors (Lipinski definition) is 2. The van der Waals surface area contributed by atoms with Crippen molar-refractivity contribution in [1.82, 2.24) is 4.98 Å². The van der Waals surface area contributed by atoms with Crippen molar-refractivity contribution in [1.29, 1.82) is 5.26 Å². The third-order valence-corrected chi connectivity index (χ3v) is 2.91. The van der Waals surface area contributed by atoms with E-state index in [2.05, 4.69) is 11.1 Å². The van der Waals surface area contributed by atoms with E-state index in [1.807, 2.05) is 26.8 Å². The third-order valence-electron chi connectivity index (χ3n) is 2.91. The first kappa shape index (κ1) is 13.2. The number of nitrogens with zero attached hydrogens (tertiary/aromatic N) is 2. The van der Waals surface area contributed by atoms with Crippen LogP contribution in [0.5, 0.6) is 0 Å². The fourth-order valence-corrected chi connectivity index (χ4v) is 1.83. The van der Waals surface area contributed by atoms with Crippen LogP contribution in [-0.4, -0.2) is 4.98 Å². The molecule has 0 saturated heterocycles. The molecular weight excluding hydrogens is 239 g/mol. The minimum absolute atomic E-state index is 0.145. The number of rotatable bonds is 1. The van der Waals surface area contributed by atoms with Crippen LogP contribution < -0.4 is 0 Å². The molecule has 0 unspecified atom stereocenters. The molecular formula is C16H15FN2. The molecule has 96 valence electrons. The van der Waals surface area contributed by atoms with Gasteiger partial charge in [-0.2, -0.15) is 5.26 Å². The van der Waals surface area contributed by atoms with E-state index >= 15 is 0 Å². The highest BCUT2D eigenvalue weighted by molar-refractivity contribution is 5.67. The minimum atomic E-state index is -0.363. The Balaban J connectivity index is 2.68. The summed E-state index contributed by atoms with van der Waals surface area (Å²) in [5.41, 5.74) is 1.86. The second-order valence-corrected chi connectivity index (χ2v) is 5.43. The van der Waals surface area contributed by atoms with Gasteiger partial charge < -0.3 is 0 Å². The second kappa shape index (κ2) is 4.81. The maximum atomic E-state index is 13.9. The molecule has 0 amide bonds. The van der Waals surface area contributed by atoms with Crippen LogP contribution >= 0.6 is 0 Å². The molecule has 0 N–H and O–H groups in total. The van der Waals surface area contributed by atoms with Crippen LogP contribution in [-0.2, 0) is 5.41 Å². The largest absolute Gasteiger partial charge is 0.251 e. The Morgan fingerprint density at radius 2 is 1.79 bits per heavy atom. The average Bonchev–Trinajstić information content (AvgIpc) is 2.37. The molecule has 0 aliphatic carbocycles. The van der Waals surface area contributed by atoms with E-state index in [0.717, 1.165) is 5.69 Å². The van der Waals surface area contributed by atoms with Gasteiger partial charge in [0.2, 0.25) is 0 Å². The molecule has 0 radical (unpaired) electrons. The summed E-state index contributed by atoms with van der Waals surface area (Å²) in [4.78, 5) is 4.48. The van der Waals surface area contributed by atoms with Crippen molar-refractivity contribution >= 4 is 0 Å². The Labute approximate surface area is 112 Å². The quantitative estimate of drug-likeness (QED) is 0.769. The number of pyridine rings is 1. The summed E-state index contributed by atoms with van der Waals surface area (Å²) in [6, 6.07) is 12.0. The lowest BCUT2D eigenvalue weighted by Gasteiger charge is -2.19. The highest BCUT2D eigenvalue weighted by Gasteiger charge is 2.19. The Morgan fingerprint density at radius 3 is 2.37 bits per heavy atom. The van der Waals surface area contributed by atoms with Crippen molar-refractivity contribution in [3.05, 3.63) is 53.5 Å². The van der Waals surface area contributed by atoms with Gasteiger partial charge in [0.25, 0.3) is 0 Å². The number of hydrogen-bond donors (Lipinski definition) is 0. The first-order chi connectivity index (χ1) is 8.93. The lowest BCUT2D eigenvalue weighted by atomic mass is 9.90. The third kappa shape index (κ3) is 2.63. The zero-order valence-electron chi connectivity index (χ0n) is 11.2. The molecule has 0 aliphatic rings. The van der Waals surface area contributed by atoms with Gasteiger partial charge in [0, 0.05) is 16.7 Å². The van der Waals surface area contributed by atoms with E-state index in [1.165, 1.54) is 6.07 Å². The van der Waals surface area contributed by atoms with E-state index in [0.29, 0.717) is 16.8 Å². The molecule has 0 spiro atoms. The Morgan fingerprint density at radius 1 is 1.11 bits per heavy atom. The summed E-state index contributed by atoms with van der Waals surface area (Å²) in [6.45, 7) is 6.10. The van der Waals surface area contributed by atoms with Gasteiger partial charge >= 0.3 is 0 Å². The number of nitriles is 1. The summed E-state index contributed by atoms with van der Waals surface area (Å²) in [7, 11) is 0. The molecule has 1 heterocycles. The zero-order valence-corrected chi connectivity index (χ0v) is 11.2. The summed E-state index contributed by atoms with van der Waals surface area (Å²) >= 11 is 0. The minimum Gasteiger partial charge on any atom is -0.251 e. The SMILES string of the molecule is CC(C)(C)c1ccc(C#N)c(-c2ccccc2F)n1. The fourth-order valence-electron chi connectivity index (χ4n) is 1.83. The maximum absolute atomic E-state index is 13.9. The Hall–Kier alpha value is -2.21. The van der Waals surface area contributed by atoms with E-state index in [-0.39, 0.29) is 11.2 Å². The average molecular weight is 254 g/mol. The maximum Gasteiger partial charge on any atom is 0.132 e.